The highest BCUT2D eigenvalue weighted by Gasteiger charge is 2.21. The largest absolute Gasteiger partial charge is 0.491 e. The Hall–Kier alpha value is -2.40. The minimum Gasteiger partial charge on any atom is -0.491 e. The minimum absolute atomic E-state index is 0.141. The molecule has 1 aromatic carbocycles. The van der Waals surface area contributed by atoms with Gasteiger partial charge in [-0.2, -0.15) is 0 Å². The van der Waals surface area contributed by atoms with Gasteiger partial charge in [0.25, 0.3) is 5.91 Å². The van der Waals surface area contributed by atoms with Crippen LogP contribution in [0.3, 0.4) is 0 Å². The number of carbonyl (C=O) groups excluding carboxylic acids is 1. The van der Waals surface area contributed by atoms with Crippen LogP contribution in [0.1, 0.15) is 24.3 Å². The predicted octanol–water partition coefficient (Wildman–Crippen LogP) is 3.45. The molecular weight excluding hydrogens is 296 g/mol. The van der Waals surface area contributed by atoms with E-state index in [1.54, 1.807) is 17.4 Å². The third-order valence-electron chi connectivity index (χ3n) is 3.01. The first-order chi connectivity index (χ1) is 10.6. The number of ether oxygens (including phenoxy) is 1. The standard InChI is InChI=1S/C17H16N2O2S/c1-11(2)21-13-7-5-12(6-8-13)10-14-17(20)19-16(18-14)15-4-3-9-22-15/h3-11H,1-2H3,(H,18,19,20)/b14-10+. The Bertz CT molecular complexity index is 729. The van der Waals surface area contributed by atoms with E-state index in [1.807, 2.05) is 55.6 Å². The fourth-order valence-electron chi connectivity index (χ4n) is 2.07. The summed E-state index contributed by atoms with van der Waals surface area (Å²) in [5.74, 6) is 1.26. The number of nitrogens with one attached hydrogen (secondary N) is 1. The Morgan fingerprint density at radius 3 is 2.64 bits per heavy atom. The van der Waals surface area contributed by atoms with Crippen LogP contribution in [0.2, 0.25) is 0 Å². The molecule has 3 rings (SSSR count). The van der Waals surface area contributed by atoms with E-state index in [-0.39, 0.29) is 12.0 Å². The fraction of sp³-hybridized carbons (Fsp3) is 0.176. The lowest BCUT2D eigenvalue weighted by Crippen LogP contribution is -2.23. The molecule has 112 valence electrons. The maximum Gasteiger partial charge on any atom is 0.275 e. The zero-order valence-electron chi connectivity index (χ0n) is 12.4. The summed E-state index contributed by atoms with van der Waals surface area (Å²) >= 11 is 1.55. The van der Waals surface area contributed by atoms with Crippen molar-refractivity contribution in [1.29, 1.82) is 0 Å². The Kier molecular flexibility index (Phi) is 4.06. The molecule has 4 nitrogen and oxygen atoms in total. The summed E-state index contributed by atoms with van der Waals surface area (Å²) in [4.78, 5) is 17.3. The van der Waals surface area contributed by atoms with E-state index in [4.69, 9.17) is 4.74 Å². The first kappa shape index (κ1) is 14.5. The normalized spacial score (nSPS) is 16.0. The van der Waals surface area contributed by atoms with E-state index in [9.17, 15) is 4.79 Å². The van der Waals surface area contributed by atoms with Gasteiger partial charge in [0.2, 0.25) is 0 Å². The predicted molar refractivity (Wildman–Crippen MR) is 89.2 cm³/mol. The second kappa shape index (κ2) is 6.15. The number of thiophene rings is 1. The van der Waals surface area contributed by atoms with Crippen LogP contribution in [0, 0.1) is 0 Å². The maximum absolute atomic E-state index is 12.0. The summed E-state index contributed by atoms with van der Waals surface area (Å²) in [6.07, 6.45) is 1.91. The van der Waals surface area contributed by atoms with Gasteiger partial charge in [-0.15, -0.1) is 11.3 Å². The van der Waals surface area contributed by atoms with Crippen LogP contribution in [0.15, 0.2) is 52.5 Å². The molecule has 0 spiro atoms. The molecule has 1 aliphatic heterocycles. The topological polar surface area (TPSA) is 50.7 Å². The van der Waals surface area contributed by atoms with Gasteiger partial charge in [-0.25, -0.2) is 4.99 Å². The number of benzene rings is 1. The fourth-order valence-corrected chi connectivity index (χ4v) is 2.74. The van der Waals surface area contributed by atoms with Crippen molar-refractivity contribution in [2.45, 2.75) is 20.0 Å². The highest BCUT2D eigenvalue weighted by Crippen LogP contribution is 2.19. The van der Waals surface area contributed by atoms with E-state index < -0.39 is 0 Å². The van der Waals surface area contributed by atoms with Crippen molar-refractivity contribution in [3.8, 4) is 5.75 Å². The van der Waals surface area contributed by atoms with Crippen molar-refractivity contribution < 1.29 is 9.53 Å². The van der Waals surface area contributed by atoms with Gasteiger partial charge in [0.1, 0.15) is 11.4 Å². The SMILES string of the molecule is CC(C)Oc1ccc(/C=C2/N=C(c3cccs3)NC2=O)cc1. The molecule has 1 N–H and O–H groups in total. The first-order valence-corrected chi connectivity index (χ1v) is 7.92. The van der Waals surface area contributed by atoms with Crippen LogP contribution in [-0.2, 0) is 4.79 Å². The maximum atomic E-state index is 12.0. The van der Waals surface area contributed by atoms with E-state index in [0.29, 0.717) is 11.5 Å². The second-order valence-electron chi connectivity index (χ2n) is 5.16. The van der Waals surface area contributed by atoms with Crippen LogP contribution in [0.25, 0.3) is 6.08 Å². The summed E-state index contributed by atoms with van der Waals surface area (Å²) in [7, 11) is 0. The van der Waals surface area contributed by atoms with Crippen molar-refractivity contribution in [1.82, 2.24) is 5.32 Å². The minimum atomic E-state index is -0.175. The molecule has 2 heterocycles. The lowest BCUT2D eigenvalue weighted by atomic mass is 10.2. The summed E-state index contributed by atoms with van der Waals surface area (Å²) in [6.45, 7) is 3.97. The van der Waals surface area contributed by atoms with Crippen molar-refractivity contribution in [2.75, 3.05) is 0 Å². The summed E-state index contributed by atoms with van der Waals surface area (Å²) in [5, 5.41) is 4.75. The van der Waals surface area contributed by atoms with E-state index >= 15 is 0 Å². The molecule has 0 saturated carbocycles. The average Bonchev–Trinajstić information content (AvgIpc) is 3.11. The van der Waals surface area contributed by atoms with E-state index in [0.717, 1.165) is 16.2 Å². The molecule has 0 radical (unpaired) electrons. The van der Waals surface area contributed by atoms with Gasteiger partial charge < -0.3 is 10.1 Å². The number of hydrogen-bond donors (Lipinski definition) is 1. The van der Waals surface area contributed by atoms with Crippen LogP contribution in [0.4, 0.5) is 0 Å². The van der Waals surface area contributed by atoms with Gasteiger partial charge in [0, 0.05) is 0 Å². The smallest absolute Gasteiger partial charge is 0.275 e. The number of amides is 1. The Morgan fingerprint density at radius 1 is 1.23 bits per heavy atom. The Balaban J connectivity index is 1.81. The summed E-state index contributed by atoms with van der Waals surface area (Å²) in [6, 6.07) is 11.5. The van der Waals surface area contributed by atoms with Crippen molar-refractivity contribution in [3.05, 3.63) is 57.9 Å². The number of nitrogens with zero attached hydrogens (tertiary/aromatic N) is 1. The van der Waals surface area contributed by atoms with Gasteiger partial charge in [-0.3, -0.25) is 4.79 Å². The van der Waals surface area contributed by atoms with Gasteiger partial charge in [-0.05, 0) is 49.1 Å². The first-order valence-electron chi connectivity index (χ1n) is 7.04. The average molecular weight is 312 g/mol. The number of rotatable bonds is 4. The van der Waals surface area contributed by atoms with Crippen molar-refractivity contribution >= 4 is 29.2 Å². The molecule has 0 unspecified atom stereocenters. The number of aliphatic imine (C=N–C) groups is 1. The number of carbonyl (C=O) groups is 1. The molecule has 1 aliphatic rings. The zero-order chi connectivity index (χ0) is 15.5. The molecule has 22 heavy (non-hydrogen) atoms. The van der Waals surface area contributed by atoms with Crippen LogP contribution in [0.5, 0.6) is 5.75 Å². The lowest BCUT2D eigenvalue weighted by Gasteiger charge is -2.09. The Morgan fingerprint density at radius 2 is 2.00 bits per heavy atom. The van der Waals surface area contributed by atoms with Gasteiger partial charge in [-0.1, -0.05) is 18.2 Å². The Labute approximate surface area is 133 Å². The molecule has 0 fully saturated rings. The third kappa shape index (κ3) is 3.26. The second-order valence-corrected chi connectivity index (χ2v) is 6.10. The van der Waals surface area contributed by atoms with Crippen LogP contribution >= 0.6 is 11.3 Å². The summed E-state index contributed by atoms with van der Waals surface area (Å²) < 4.78 is 5.60. The quantitative estimate of drug-likeness (QED) is 0.879. The van der Waals surface area contributed by atoms with Crippen LogP contribution < -0.4 is 10.1 Å². The highest BCUT2D eigenvalue weighted by atomic mass is 32.1. The molecule has 0 bridgehead atoms. The van der Waals surface area contributed by atoms with Gasteiger partial charge in [0.05, 0.1) is 11.0 Å². The molecule has 5 heteroatoms. The molecule has 0 aliphatic carbocycles. The lowest BCUT2D eigenvalue weighted by molar-refractivity contribution is -0.115. The van der Waals surface area contributed by atoms with E-state index in [1.165, 1.54) is 0 Å². The third-order valence-corrected chi connectivity index (χ3v) is 3.88. The van der Waals surface area contributed by atoms with E-state index in [2.05, 4.69) is 10.3 Å². The summed E-state index contributed by atoms with van der Waals surface area (Å²) in [5.41, 5.74) is 1.33. The molecular formula is C17H16N2O2S. The van der Waals surface area contributed by atoms with Crippen LogP contribution in [-0.4, -0.2) is 17.8 Å². The molecule has 2 aromatic rings. The zero-order valence-corrected chi connectivity index (χ0v) is 13.2. The highest BCUT2D eigenvalue weighted by molar-refractivity contribution is 7.12. The molecule has 0 saturated heterocycles. The molecule has 0 atom stereocenters. The van der Waals surface area contributed by atoms with Gasteiger partial charge >= 0.3 is 0 Å². The number of hydrogen-bond acceptors (Lipinski definition) is 4. The van der Waals surface area contributed by atoms with Crippen molar-refractivity contribution in [2.24, 2.45) is 4.99 Å². The number of amidine groups is 1. The molecule has 1 aromatic heterocycles. The monoisotopic (exact) mass is 312 g/mol. The molecule has 1 amide bonds. The van der Waals surface area contributed by atoms with Gasteiger partial charge in [0.15, 0.2) is 5.84 Å². The van der Waals surface area contributed by atoms with Crippen molar-refractivity contribution in [3.63, 3.8) is 0 Å².